The highest BCUT2D eigenvalue weighted by molar-refractivity contribution is 4.86. The zero-order valence-electron chi connectivity index (χ0n) is 14.6. The molecule has 2 unspecified atom stereocenters. The van der Waals surface area contributed by atoms with Gasteiger partial charge in [-0.3, -0.25) is 4.90 Å². The Kier molecular flexibility index (Phi) is 10.3. The van der Waals surface area contributed by atoms with E-state index in [-0.39, 0.29) is 0 Å². The van der Waals surface area contributed by atoms with Crippen LogP contribution in [-0.2, 0) is 9.47 Å². The molecule has 0 aromatic heterocycles. The summed E-state index contributed by atoms with van der Waals surface area (Å²) in [5, 5.41) is 3.72. The summed E-state index contributed by atoms with van der Waals surface area (Å²) in [6.07, 6.45) is 4.80. The van der Waals surface area contributed by atoms with E-state index in [1.165, 1.54) is 25.8 Å². The number of piperazine rings is 1. The van der Waals surface area contributed by atoms with E-state index in [0.29, 0.717) is 12.1 Å². The van der Waals surface area contributed by atoms with Crippen molar-refractivity contribution in [2.45, 2.75) is 58.5 Å². The molecule has 1 aliphatic heterocycles. The molecule has 1 N–H and O–H groups in total. The summed E-state index contributed by atoms with van der Waals surface area (Å²) in [5.41, 5.74) is 0. The minimum atomic E-state index is 0.659. The Hall–Kier alpha value is -0.160. The molecule has 126 valence electrons. The van der Waals surface area contributed by atoms with E-state index in [1.54, 1.807) is 7.11 Å². The molecule has 0 amide bonds. The van der Waals surface area contributed by atoms with Crippen molar-refractivity contribution in [2.24, 2.45) is 5.92 Å². The van der Waals surface area contributed by atoms with Crippen LogP contribution in [0.4, 0.5) is 0 Å². The topological polar surface area (TPSA) is 33.7 Å². The summed E-state index contributed by atoms with van der Waals surface area (Å²) >= 11 is 0. The first-order chi connectivity index (χ1) is 10.2. The van der Waals surface area contributed by atoms with Crippen LogP contribution in [0, 0.1) is 5.92 Å². The second-order valence-corrected chi connectivity index (χ2v) is 6.63. The van der Waals surface area contributed by atoms with E-state index in [1.807, 2.05) is 0 Å². The lowest BCUT2D eigenvalue weighted by atomic mass is 9.98. The number of hydrogen-bond donors (Lipinski definition) is 1. The van der Waals surface area contributed by atoms with Gasteiger partial charge in [0.2, 0.25) is 0 Å². The maximum atomic E-state index is 5.74. The van der Waals surface area contributed by atoms with E-state index >= 15 is 0 Å². The van der Waals surface area contributed by atoms with Gasteiger partial charge in [-0.15, -0.1) is 0 Å². The fraction of sp³-hybridized carbons (Fsp3) is 1.00. The lowest BCUT2D eigenvalue weighted by Gasteiger charge is -2.41. The second-order valence-electron chi connectivity index (χ2n) is 6.63. The van der Waals surface area contributed by atoms with E-state index < -0.39 is 0 Å². The quantitative estimate of drug-likeness (QED) is 0.595. The molecule has 2 atom stereocenters. The van der Waals surface area contributed by atoms with Crippen molar-refractivity contribution in [1.29, 1.82) is 0 Å². The van der Waals surface area contributed by atoms with Crippen LogP contribution < -0.4 is 5.32 Å². The fourth-order valence-corrected chi connectivity index (χ4v) is 3.11. The number of hydrogen-bond acceptors (Lipinski definition) is 4. The molecular formula is C17H36N2O2. The molecule has 0 aromatic carbocycles. The van der Waals surface area contributed by atoms with Crippen LogP contribution >= 0.6 is 0 Å². The zero-order valence-corrected chi connectivity index (χ0v) is 14.6. The first-order valence-electron chi connectivity index (χ1n) is 8.71. The summed E-state index contributed by atoms with van der Waals surface area (Å²) in [7, 11) is 1.74. The van der Waals surface area contributed by atoms with Crippen LogP contribution in [-0.4, -0.2) is 63.5 Å². The predicted molar refractivity (Wildman–Crippen MR) is 88.8 cm³/mol. The maximum Gasteiger partial charge on any atom is 0.0593 e. The van der Waals surface area contributed by atoms with Crippen molar-refractivity contribution >= 4 is 0 Å². The smallest absolute Gasteiger partial charge is 0.0593 e. The molecule has 1 saturated heterocycles. The second kappa shape index (κ2) is 11.4. The van der Waals surface area contributed by atoms with Gasteiger partial charge in [0, 0.05) is 52.0 Å². The van der Waals surface area contributed by atoms with Gasteiger partial charge < -0.3 is 14.8 Å². The third-order valence-corrected chi connectivity index (χ3v) is 4.15. The summed E-state index contributed by atoms with van der Waals surface area (Å²) in [4.78, 5) is 2.65. The standard InChI is InChI=1S/C17H36N2O2/c1-5-7-16-14-19(8-11-21-10-6-9-20-4)17(13-18-16)12-15(2)3/h15-18H,5-14H2,1-4H3. The highest BCUT2D eigenvalue weighted by Gasteiger charge is 2.27. The maximum absolute atomic E-state index is 5.74. The molecule has 4 nitrogen and oxygen atoms in total. The molecule has 4 heteroatoms. The van der Waals surface area contributed by atoms with Crippen LogP contribution in [0.1, 0.15) is 46.5 Å². The highest BCUT2D eigenvalue weighted by Crippen LogP contribution is 2.17. The zero-order chi connectivity index (χ0) is 15.5. The van der Waals surface area contributed by atoms with Crippen molar-refractivity contribution in [3.63, 3.8) is 0 Å². The molecule has 0 spiro atoms. The van der Waals surface area contributed by atoms with Crippen molar-refractivity contribution in [3.8, 4) is 0 Å². The molecule has 0 aliphatic carbocycles. The van der Waals surface area contributed by atoms with Gasteiger partial charge in [0.25, 0.3) is 0 Å². The van der Waals surface area contributed by atoms with Gasteiger partial charge in [0.05, 0.1) is 6.61 Å². The molecule has 1 heterocycles. The Labute approximate surface area is 131 Å². The minimum absolute atomic E-state index is 0.659. The van der Waals surface area contributed by atoms with Crippen molar-refractivity contribution in [2.75, 3.05) is 46.6 Å². The highest BCUT2D eigenvalue weighted by atomic mass is 16.5. The normalized spacial score (nSPS) is 23.9. The summed E-state index contributed by atoms with van der Waals surface area (Å²) in [5.74, 6) is 0.754. The Balaban J connectivity index is 2.31. The van der Waals surface area contributed by atoms with Crippen molar-refractivity contribution in [3.05, 3.63) is 0 Å². The Morgan fingerprint density at radius 1 is 1.24 bits per heavy atom. The first kappa shape index (κ1) is 18.9. The summed E-state index contributed by atoms with van der Waals surface area (Å²) in [6, 6.07) is 1.33. The van der Waals surface area contributed by atoms with Gasteiger partial charge in [-0.1, -0.05) is 27.2 Å². The van der Waals surface area contributed by atoms with Crippen molar-refractivity contribution < 1.29 is 9.47 Å². The molecule has 0 saturated carbocycles. The van der Waals surface area contributed by atoms with Crippen LogP contribution in [0.5, 0.6) is 0 Å². The average Bonchev–Trinajstić information content (AvgIpc) is 2.45. The van der Waals surface area contributed by atoms with Gasteiger partial charge >= 0.3 is 0 Å². The number of nitrogens with one attached hydrogen (secondary N) is 1. The molecule has 1 aliphatic rings. The molecule has 0 bridgehead atoms. The van der Waals surface area contributed by atoms with Crippen LogP contribution in [0.2, 0.25) is 0 Å². The monoisotopic (exact) mass is 300 g/mol. The number of nitrogens with zero attached hydrogens (tertiary/aromatic N) is 1. The Morgan fingerprint density at radius 3 is 2.71 bits per heavy atom. The van der Waals surface area contributed by atoms with Crippen molar-refractivity contribution in [1.82, 2.24) is 10.2 Å². The van der Waals surface area contributed by atoms with Gasteiger partial charge in [0.15, 0.2) is 0 Å². The fourth-order valence-electron chi connectivity index (χ4n) is 3.11. The molecule has 0 radical (unpaired) electrons. The van der Waals surface area contributed by atoms with Gasteiger partial charge in [-0.2, -0.15) is 0 Å². The summed E-state index contributed by atoms with van der Waals surface area (Å²) in [6.45, 7) is 12.7. The molecule has 0 aromatic rings. The molecule has 1 rings (SSSR count). The number of ether oxygens (including phenoxy) is 2. The van der Waals surface area contributed by atoms with Gasteiger partial charge in [-0.05, 0) is 25.2 Å². The van der Waals surface area contributed by atoms with Gasteiger partial charge in [0.1, 0.15) is 0 Å². The van der Waals surface area contributed by atoms with Gasteiger partial charge in [-0.25, -0.2) is 0 Å². The third-order valence-electron chi connectivity index (χ3n) is 4.15. The van der Waals surface area contributed by atoms with E-state index in [9.17, 15) is 0 Å². The van der Waals surface area contributed by atoms with E-state index in [4.69, 9.17) is 9.47 Å². The molecule has 1 fully saturated rings. The average molecular weight is 300 g/mol. The Bertz CT molecular complexity index is 249. The first-order valence-corrected chi connectivity index (χ1v) is 8.71. The Morgan fingerprint density at radius 2 is 2.05 bits per heavy atom. The number of rotatable bonds is 11. The minimum Gasteiger partial charge on any atom is -0.385 e. The third kappa shape index (κ3) is 8.15. The van der Waals surface area contributed by atoms with E-state index in [2.05, 4.69) is 31.0 Å². The number of methoxy groups -OCH3 is 1. The summed E-state index contributed by atoms with van der Waals surface area (Å²) < 4.78 is 10.8. The lowest BCUT2D eigenvalue weighted by molar-refractivity contribution is 0.0500. The predicted octanol–water partition coefficient (Wildman–Crippen LogP) is 2.53. The van der Waals surface area contributed by atoms with E-state index in [0.717, 1.165) is 45.2 Å². The molecular weight excluding hydrogens is 264 g/mol. The SMILES string of the molecule is CCCC1CN(CCOCCCOC)C(CC(C)C)CN1. The van der Waals surface area contributed by atoms with Crippen LogP contribution in [0.3, 0.4) is 0 Å². The van der Waals surface area contributed by atoms with Crippen LogP contribution in [0.15, 0.2) is 0 Å². The van der Waals surface area contributed by atoms with Crippen LogP contribution in [0.25, 0.3) is 0 Å². The lowest BCUT2D eigenvalue weighted by Crippen LogP contribution is -2.57. The molecule has 21 heavy (non-hydrogen) atoms. The largest absolute Gasteiger partial charge is 0.385 e.